The van der Waals surface area contributed by atoms with Crippen LogP contribution in [0, 0.1) is 11.7 Å². The van der Waals surface area contributed by atoms with E-state index in [0.717, 1.165) is 23.1 Å². The van der Waals surface area contributed by atoms with Crippen LogP contribution < -0.4 is 4.74 Å². The van der Waals surface area contributed by atoms with E-state index in [-0.39, 0.29) is 36.2 Å². The molecule has 2 aromatic rings. The molecule has 0 radical (unpaired) electrons. The maximum absolute atomic E-state index is 13.6. The van der Waals surface area contributed by atoms with Crippen molar-refractivity contribution in [1.82, 2.24) is 9.80 Å². The molecule has 6 heteroatoms. The monoisotopic (exact) mass is 440 g/mol. The molecule has 0 fully saturated rings. The van der Waals surface area contributed by atoms with E-state index in [9.17, 15) is 14.0 Å². The van der Waals surface area contributed by atoms with Gasteiger partial charge in [-0.1, -0.05) is 32.0 Å². The van der Waals surface area contributed by atoms with E-state index in [0.29, 0.717) is 31.8 Å². The number of hydrogen-bond acceptors (Lipinski definition) is 3. The number of carbonyl (C=O) groups excluding carboxylic acids is 2. The maximum Gasteiger partial charge on any atom is 0.260 e. The van der Waals surface area contributed by atoms with Crippen LogP contribution in [0.5, 0.6) is 5.75 Å². The fourth-order valence-electron chi connectivity index (χ4n) is 4.24. The number of nitrogens with zero attached hydrogens (tertiary/aromatic N) is 2. The van der Waals surface area contributed by atoms with Crippen molar-refractivity contribution in [2.75, 3.05) is 26.2 Å². The largest absolute Gasteiger partial charge is 0.484 e. The first-order chi connectivity index (χ1) is 15.3. The first-order valence-electron chi connectivity index (χ1n) is 11.4. The fraction of sp³-hybridized carbons (Fsp3) is 0.462. The second-order valence-electron chi connectivity index (χ2n) is 8.60. The first kappa shape index (κ1) is 23.8. The Kier molecular flexibility index (Phi) is 7.89. The summed E-state index contributed by atoms with van der Waals surface area (Å²) < 4.78 is 19.4. The van der Waals surface area contributed by atoms with Crippen molar-refractivity contribution in [3.05, 3.63) is 65.0 Å². The van der Waals surface area contributed by atoms with Gasteiger partial charge in [-0.05, 0) is 67.1 Å². The number of halogens is 1. The maximum atomic E-state index is 13.6. The zero-order valence-corrected chi connectivity index (χ0v) is 19.4. The number of rotatable bonds is 8. The molecule has 32 heavy (non-hydrogen) atoms. The molecule has 172 valence electrons. The van der Waals surface area contributed by atoms with Crippen LogP contribution in [0.25, 0.3) is 0 Å². The normalized spacial score (nSPS) is 15.4. The minimum Gasteiger partial charge on any atom is -0.484 e. The number of amides is 2. The Morgan fingerprint density at radius 2 is 1.81 bits per heavy atom. The van der Waals surface area contributed by atoms with E-state index in [2.05, 4.69) is 0 Å². The number of ether oxygens (including phenoxy) is 1. The van der Waals surface area contributed by atoms with Gasteiger partial charge in [0.1, 0.15) is 11.6 Å². The molecule has 5 nitrogen and oxygen atoms in total. The van der Waals surface area contributed by atoms with Gasteiger partial charge >= 0.3 is 0 Å². The van der Waals surface area contributed by atoms with Crippen molar-refractivity contribution in [3.8, 4) is 5.75 Å². The molecule has 2 aromatic carbocycles. The van der Waals surface area contributed by atoms with E-state index in [1.165, 1.54) is 12.1 Å². The van der Waals surface area contributed by atoms with E-state index in [4.69, 9.17) is 4.74 Å². The summed E-state index contributed by atoms with van der Waals surface area (Å²) in [5.74, 6) is 0.560. The van der Waals surface area contributed by atoms with Gasteiger partial charge in [-0.25, -0.2) is 4.39 Å². The lowest BCUT2D eigenvalue weighted by Gasteiger charge is -2.38. The Hall–Kier alpha value is -2.89. The lowest BCUT2D eigenvalue weighted by molar-refractivity contribution is -0.134. The Bertz CT molecular complexity index is 939. The summed E-state index contributed by atoms with van der Waals surface area (Å²) in [6.07, 6.45) is 1.21. The summed E-state index contributed by atoms with van der Waals surface area (Å²) in [6.45, 7) is 9.81. The summed E-state index contributed by atoms with van der Waals surface area (Å²) in [5, 5.41) is 0. The molecule has 3 rings (SSSR count). The summed E-state index contributed by atoms with van der Waals surface area (Å²) in [5.41, 5.74) is 2.96. The first-order valence-corrected chi connectivity index (χ1v) is 11.4. The number of fused-ring (bicyclic) bond motifs is 1. The number of hydrogen-bond donors (Lipinski definition) is 0. The molecule has 0 saturated heterocycles. The molecule has 0 N–H and O–H groups in total. The molecule has 0 spiro atoms. The molecular weight excluding hydrogens is 407 g/mol. The van der Waals surface area contributed by atoms with E-state index in [1.807, 2.05) is 50.8 Å². The van der Waals surface area contributed by atoms with Crippen LogP contribution in [0.3, 0.4) is 0 Å². The van der Waals surface area contributed by atoms with Gasteiger partial charge in [0.15, 0.2) is 6.61 Å². The van der Waals surface area contributed by atoms with Crippen LogP contribution in [-0.2, 0) is 16.0 Å². The van der Waals surface area contributed by atoms with Crippen molar-refractivity contribution in [2.45, 2.75) is 46.6 Å². The second-order valence-corrected chi connectivity index (χ2v) is 8.60. The lowest BCUT2D eigenvalue weighted by atomic mass is 9.87. The molecular formula is C26H33FN2O3. The van der Waals surface area contributed by atoms with Gasteiger partial charge in [-0.2, -0.15) is 0 Å². The minimum absolute atomic E-state index is 0.0301. The van der Waals surface area contributed by atoms with Crippen LogP contribution in [-0.4, -0.2) is 47.9 Å². The van der Waals surface area contributed by atoms with Gasteiger partial charge in [0, 0.05) is 26.1 Å². The highest BCUT2D eigenvalue weighted by atomic mass is 19.1. The lowest BCUT2D eigenvalue weighted by Crippen LogP contribution is -2.41. The third-order valence-electron chi connectivity index (χ3n) is 5.91. The van der Waals surface area contributed by atoms with Gasteiger partial charge < -0.3 is 14.5 Å². The quantitative estimate of drug-likeness (QED) is 0.603. The number of benzene rings is 2. The molecule has 0 aromatic heterocycles. The zero-order valence-electron chi connectivity index (χ0n) is 19.4. The summed E-state index contributed by atoms with van der Waals surface area (Å²) >= 11 is 0. The third-order valence-corrected chi connectivity index (χ3v) is 5.91. The van der Waals surface area contributed by atoms with Crippen LogP contribution in [0.15, 0.2) is 42.5 Å². The van der Waals surface area contributed by atoms with Crippen molar-refractivity contribution in [2.24, 2.45) is 5.92 Å². The molecule has 1 heterocycles. The predicted octanol–water partition coefficient (Wildman–Crippen LogP) is 4.59. The molecule has 0 unspecified atom stereocenters. The highest BCUT2D eigenvalue weighted by Crippen LogP contribution is 2.38. The average molecular weight is 441 g/mol. The molecule has 0 bridgehead atoms. The van der Waals surface area contributed by atoms with Crippen molar-refractivity contribution >= 4 is 11.8 Å². The molecule has 0 aliphatic carbocycles. The highest BCUT2D eigenvalue weighted by Gasteiger charge is 2.32. The highest BCUT2D eigenvalue weighted by molar-refractivity contribution is 5.78. The van der Waals surface area contributed by atoms with E-state index >= 15 is 0 Å². The molecule has 1 aliphatic heterocycles. The van der Waals surface area contributed by atoms with Gasteiger partial charge in [-0.15, -0.1) is 0 Å². The average Bonchev–Trinajstić information content (AvgIpc) is 2.77. The number of carbonyl (C=O) groups is 2. The number of likely N-dealkylation sites (N-methyl/N-ethyl adjacent to an activating group) is 1. The third kappa shape index (κ3) is 5.47. The SMILES string of the molecule is CCN(CC)C(=O)COc1ccc2c(c1)[C@@H](c1ccc(F)cc1)N(C(=O)CC(C)C)CC2. The molecule has 1 atom stereocenters. The fourth-order valence-corrected chi connectivity index (χ4v) is 4.24. The van der Waals surface area contributed by atoms with Crippen LogP contribution in [0.2, 0.25) is 0 Å². The van der Waals surface area contributed by atoms with Gasteiger partial charge in [0.05, 0.1) is 6.04 Å². The van der Waals surface area contributed by atoms with Crippen LogP contribution >= 0.6 is 0 Å². The Balaban J connectivity index is 1.92. The summed E-state index contributed by atoms with van der Waals surface area (Å²) in [6, 6.07) is 11.8. The minimum atomic E-state index is -0.312. The van der Waals surface area contributed by atoms with E-state index in [1.54, 1.807) is 17.0 Å². The zero-order chi connectivity index (χ0) is 23.3. The van der Waals surface area contributed by atoms with Gasteiger partial charge in [-0.3, -0.25) is 9.59 Å². The topological polar surface area (TPSA) is 49.9 Å². The van der Waals surface area contributed by atoms with Crippen LogP contribution in [0.4, 0.5) is 4.39 Å². The molecule has 1 aliphatic rings. The molecule has 0 saturated carbocycles. The Labute approximate surface area is 190 Å². The predicted molar refractivity (Wildman–Crippen MR) is 123 cm³/mol. The van der Waals surface area contributed by atoms with Crippen molar-refractivity contribution in [1.29, 1.82) is 0 Å². The molecule has 2 amide bonds. The van der Waals surface area contributed by atoms with Crippen LogP contribution in [0.1, 0.15) is 56.8 Å². The summed E-state index contributed by atoms with van der Waals surface area (Å²) in [4.78, 5) is 29.0. The van der Waals surface area contributed by atoms with Gasteiger partial charge in [0.2, 0.25) is 5.91 Å². The van der Waals surface area contributed by atoms with Gasteiger partial charge in [0.25, 0.3) is 5.91 Å². The van der Waals surface area contributed by atoms with E-state index < -0.39 is 0 Å². The second kappa shape index (κ2) is 10.6. The smallest absolute Gasteiger partial charge is 0.260 e. The summed E-state index contributed by atoms with van der Waals surface area (Å²) in [7, 11) is 0. The Morgan fingerprint density at radius 3 is 2.44 bits per heavy atom. The Morgan fingerprint density at radius 1 is 1.12 bits per heavy atom. The van der Waals surface area contributed by atoms with Crippen molar-refractivity contribution in [3.63, 3.8) is 0 Å². The standard InChI is InChI=1S/C26H33FN2O3/c1-5-28(6-2)25(31)17-32-22-12-9-19-13-14-29(24(30)15-18(3)4)26(23(19)16-22)20-7-10-21(27)11-8-20/h7-12,16,18,26H,5-6,13-15,17H2,1-4H3/t26-/m1/s1. The van der Waals surface area contributed by atoms with Crippen molar-refractivity contribution < 1.29 is 18.7 Å².